The van der Waals surface area contributed by atoms with Gasteiger partial charge in [0.2, 0.25) is 11.8 Å². The summed E-state index contributed by atoms with van der Waals surface area (Å²) >= 11 is 0. The Morgan fingerprint density at radius 2 is 1.56 bits per heavy atom. The number of carbonyl (C=O) groups excluding carboxylic acids is 3. The third-order valence-electron chi connectivity index (χ3n) is 11.0. The van der Waals surface area contributed by atoms with E-state index in [1.54, 1.807) is 25.3 Å². The van der Waals surface area contributed by atoms with Crippen LogP contribution in [0.2, 0.25) is 0 Å². The number of hydrogen-bond acceptors (Lipinski definition) is 8. The van der Waals surface area contributed by atoms with Crippen molar-refractivity contribution in [3.05, 3.63) is 173 Å². The number of methoxy groups -OCH3 is 1. The fourth-order valence-electron chi connectivity index (χ4n) is 8.74. The van der Waals surface area contributed by atoms with Crippen LogP contribution in [0.25, 0.3) is 0 Å². The number of ether oxygens (including phenoxy) is 3. The number of esters is 1. The second kappa shape index (κ2) is 15.8. The van der Waals surface area contributed by atoms with Gasteiger partial charge in [0.05, 0.1) is 31.7 Å². The third kappa shape index (κ3) is 6.51. The molecule has 0 aromatic heterocycles. The third-order valence-corrected chi connectivity index (χ3v) is 11.0. The maximum atomic E-state index is 15.3. The topological polar surface area (TPSA) is 126 Å². The molecule has 1 spiro atoms. The van der Waals surface area contributed by atoms with Crippen LogP contribution >= 0.6 is 0 Å². The Kier molecular flexibility index (Phi) is 10.3. The Bertz CT molecular complexity index is 2370. The van der Waals surface area contributed by atoms with Crippen LogP contribution in [0.15, 0.2) is 140 Å². The number of nitrogens with one attached hydrogen (secondary N) is 2. The number of para-hydroxylation sites is 1. The number of aliphatic hydroxyl groups is 1. The van der Waals surface area contributed by atoms with Crippen LogP contribution in [0.3, 0.4) is 0 Å². The van der Waals surface area contributed by atoms with Crippen molar-refractivity contribution in [1.82, 2.24) is 10.2 Å². The van der Waals surface area contributed by atoms with E-state index in [1.165, 1.54) is 0 Å². The summed E-state index contributed by atoms with van der Waals surface area (Å²) in [6, 6.07) is 36.4. The first-order chi connectivity index (χ1) is 27.9. The zero-order valence-electron chi connectivity index (χ0n) is 31.3. The molecule has 5 aromatic carbocycles. The molecule has 2 fully saturated rings. The smallest absolute Gasteiger partial charge is 0.324 e. The Morgan fingerprint density at radius 3 is 2.26 bits per heavy atom. The van der Waals surface area contributed by atoms with Gasteiger partial charge in [0.1, 0.15) is 35.7 Å². The molecular weight excluding hydrogens is 719 g/mol. The number of benzene rings is 5. The lowest BCUT2D eigenvalue weighted by Gasteiger charge is -2.46. The summed E-state index contributed by atoms with van der Waals surface area (Å²) in [4.78, 5) is 47.2. The Labute approximate surface area is 331 Å². The van der Waals surface area contributed by atoms with Crippen molar-refractivity contribution in [2.75, 3.05) is 32.2 Å². The fraction of sp³-hybridized carbons (Fsp3) is 0.213. The van der Waals surface area contributed by atoms with E-state index < -0.39 is 53.3 Å². The van der Waals surface area contributed by atoms with Crippen LogP contribution in [0.1, 0.15) is 51.6 Å². The summed E-state index contributed by atoms with van der Waals surface area (Å²) in [6.45, 7) is 3.63. The van der Waals surface area contributed by atoms with Gasteiger partial charge < -0.3 is 30.0 Å². The molecule has 0 bridgehead atoms. The van der Waals surface area contributed by atoms with Crippen molar-refractivity contribution in [1.29, 1.82) is 0 Å². The first-order valence-electron chi connectivity index (χ1n) is 18.8. The number of carbonyl (C=O) groups is 3. The second-order valence-corrected chi connectivity index (χ2v) is 14.1. The van der Waals surface area contributed by atoms with Crippen LogP contribution in [-0.4, -0.2) is 60.7 Å². The van der Waals surface area contributed by atoms with E-state index in [2.05, 4.69) is 29.1 Å². The van der Waals surface area contributed by atoms with Gasteiger partial charge in [-0.3, -0.25) is 19.3 Å². The van der Waals surface area contributed by atoms with Gasteiger partial charge in [-0.1, -0.05) is 96.8 Å². The molecule has 10 heteroatoms. The quantitative estimate of drug-likeness (QED) is 0.0895. The molecule has 3 aliphatic heterocycles. The second-order valence-electron chi connectivity index (χ2n) is 14.1. The lowest BCUT2D eigenvalue weighted by molar-refractivity contribution is -0.178. The highest BCUT2D eigenvalue weighted by Gasteiger charge is 2.74. The monoisotopic (exact) mass is 759 g/mol. The van der Waals surface area contributed by atoms with Crippen LogP contribution in [0, 0.1) is 17.8 Å². The fourth-order valence-corrected chi connectivity index (χ4v) is 8.74. The molecule has 0 saturated carbocycles. The van der Waals surface area contributed by atoms with Gasteiger partial charge in [-0.15, -0.1) is 6.58 Å². The van der Waals surface area contributed by atoms with E-state index in [9.17, 15) is 14.7 Å². The van der Waals surface area contributed by atoms with Crippen LogP contribution in [0.5, 0.6) is 11.5 Å². The van der Waals surface area contributed by atoms with Gasteiger partial charge in [-0.05, 0) is 65.2 Å². The highest BCUT2D eigenvalue weighted by molar-refractivity contribution is 6.12. The molecule has 3 heterocycles. The maximum Gasteiger partial charge on any atom is 0.324 e. The van der Waals surface area contributed by atoms with Gasteiger partial charge >= 0.3 is 5.97 Å². The lowest BCUT2D eigenvalue weighted by atomic mass is 9.65. The Morgan fingerprint density at radius 1 is 0.895 bits per heavy atom. The molecule has 2 saturated heterocycles. The Hall–Kier alpha value is -6.67. The predicted octanol–water partition coefficient (Wildman–Crippen LogP) is 6.04. The molecule has 0 unspecified atom stereocenters. The van der Waals surface area contributed by atoms with Crippen molar-refractivity contribution in [2.45, 2.75) is 29.6 Å². The first kappa shape index (κ1) is 37.3. The molecule has 57 heavy (non-hydrogen) atoms. The summed E-state index contributed by atoms with van der Waals surface area (Å²) < 4.78 is 18.0. The van der Waals surface area contributed by atoms with Gasteiger partial charge in [-0.2, -0.15) is 0 Å². The summed E-state index contributed by atoms with van der Waals surface area (Å²) in [6.07, 6.45) is 0.739. The first-order valence-corrected chi connectivity index (χ1v) is 18.8. The van der Waals surface area contributed by atoms with Crippen molar-refractivity contribution >= 4 is 23.5 Å². The molecule has 6 atom stereocenters. The highest BCUT2D eigenvalue weighted by atomic mass is 16.6. The van der Waals surface area contributed by atoms with Crippen molar-refractivity contribution in [2.24, 2.45) is 5.92 Å². The molecule has 286 valence electrons. The number of nitrogens with zero attached hydrogens (tertiary/aromatic N) is 1. The minimum absolute atomic E-state index is 0.0198. The van der Waals surface area contributed by atoms with Gasteiger partial charge in [0, 0.05) is 28.9 Å². The average Bonchev–Trinajstić information content (AvgIpc) is 3.73. The van der Waals surface area contributed by atoms with Crippen molar-refractivity contribution < 1.29 is 33.7 Å². The molecule has 10 nitrogen and oxygen atoms in total. The highest BCUT2D eigenvalue weighted by Crippen LogP contribution is 2.65. The SMILES string of the molecule is C=CCNC(=O)[C@H]1[C@@H]2C(=O)O[C@@H](c3ccccc3)[C@@H](c3ccccc3)N2[C@@H](c2ccccc2OCCO)[C@]12C(=O)Nc1ccc(C#Cc3ccc(OC)cc3)cc12. The van der Waals surface area contributed by atoms with E-state index in [4.69, 9.17) is 14.2 Å². The zero-order valence-corrected chi connectivity index (χ0v) is 31.3. The molecule has 3 N–H and O–H groups in total. The summed E-state index contributed by atoms with van der Waals surface area (Å²) in [7, 11) is 1.60. The average molecular weight is 760 g/mol. The van der Waals surface area contributed by atoms with Crippen molar-refractivity contribution in [3.8, 4) is 23.3 Å². The number of fused-ring (bicyclic) bond motifs is 3. The molecule has 5 aromatic rings. The molecule has 8 rings (SSSR count). The molecule has 2 amide bonds. The largest absolute Gasteiger partial charge is 0.497 e. The Balaban J connectivity index is 1.42. The van der Waals surface area contributed by atoms with Crippen LogP contribution < -0.4 is 20.1 Å². The van der Waals surface area contributed by atoms with E-state index in [0.717, 1.165) is 16.7 Å². The summed E-state index contributed by atoms with van der Waals surface area (Å²) in [5.41, 5.74) is 2.79. The normalized spacial score (nSPS) is 23.3. The number of hydrogen-bond donors (Lipinski definition) is 3. The van der Waals surface area contributed by atoms with Crippen LogP contribution in [0.4, 0.5) is 5.69 Å². The number of amides is 2. The number of anilines is 1. The van der Waals surface area contributed by atoms with E-state index in [1.807, 2.05) is 120 Å². The maximum absolute atomic E-state index is 15.3. The van der Waals surface area contributed by atoms with E-state index in [0.29, 0.717) is 33.9 Å². The summed E-state index contributed by atoms with van der Waals surface area (Å²) in [5, 5.41) is 15.9. The van der Waals surface area contributed by atoms with Crippen molar-refractivity contribution in [3.63, 3.8) is 0 Å². The van der Waals surface area contributed by atoms with Gasteiger partial charge in [-0.25, -0.2) is 0 Å². The standard InChI is InChI=1S/C47H41N3O7/c1-3-26-48-44(52)39-41-45(53)57-42(33-14-8-5-9-15-33)40(32-12-6-4-7-13-32)50(41)43(35-16-10-11-17-38(35)56-28-27-51)47(39)36-29-31(22-25-37(36)49-46(47)54)19-18-30-20-23-34(55-2)24-21-30/h3-17,20-25,29,39-43,51H,1,26-28H2,2H3,(H,48,52)(H,49,54)/t39-,40-,41-,42+,43+,47-/m1/s1. The zero-order chi connectivity index (χ0) is 39.5. The number of cyclic esters (lactones) is 1. The summed E-state index contributed by atoms with van der Waals surface area (Å²) in [5.74, 6) is 4.68. The van der Waals surface area contributed by atoms with E-state index in [-0.39, 0.29) is 19.8 Å². The molecular formula is C47H41N3O7. The lowest BCUT2D eigenvalue weighted by Crippen LogP contribution is -2.54. The number of aliphatic hydroxyl groups excluding tert-OH is 1. The minimum Gasteiger partial charge on any atom is -0.497 e. The number of rotatable bonds is 10. The minimum atomic E-state index is -1.72. The number of morpholine rings is 1. The molecule has 0 aliphatic carbocycles. The molecule has 3 aliphatic rings. The molecule has 0 radical (unpaired) electrons. The van der Waals surface area contributed by atoms with E-state index >= 15 is 4.79 Å². The van der Waals surface area contributed by atoms with Gasteiger partial charge in [0.25, 0.3) is 0 Å². The predicted molar refractivity (Wildman–Crippen MR) is 214 cm³/mol. The van der Waals surface area contributed by atoms with Crippen LogP contribution in [-0.2, 0) is 24.5 Å². The van der Waals surface area contributed by atoms with Gasteiger partial charge in [0.15, 0.2) is 0 Å².